The highest BCUT2D eigenvalue weighted by atomic mass is 19.3. The number of alkyl halides is 2. The Bertz CT molecular complexity index is 558. The van der Waals surface area contributed by atoms with E-state index < -0.39 is 23.0 Å². The molecule has 1 aliphatic rings. The molecule has 23 heavy (non-hydrogen) atoms. The Morgan fingerprint density at radius 3 is 2.83 bits per heavy atom. The normalized spacial score (nSPS) is 21.5. The molecule has 0 aliphatic carbocycles. The highest BCUT2D eigenvalue weighted by Gasteiger charge is 2.27. The van der Waals surface area contributed by atoms with Gasteiger partial charge in [0, 0.05) is 38.0 Å². The predicted octanol–water partition coefficient (Wildman–Crippen LogP) is 2.44. The van der Waals surface area contributed by atoms with Crippen LogP contribution < -0.4 is 9.64 Å². The number of rotatable bonds is 6. The van der Waals surface area contributed by atoms with E-state index >= 15 is 0 Å². The molecule has 0 saturated carbocycles. The largest absolute Gasteiger partial charge is 0.427 e. The topological polar surface area (TPSA) is 74.1 Å². The summed E-state index contributed by atoms with van der Waals surface area (Å²) >= 11 is 0. The first kappa shape index (κ1) is 17.4. The molecule has 2 rings (SSSR count). The van der Waals surface area contributed by atoms with Gasteiger partial charge in [0.2, 0.25) is 5.75 Å². The number of nitro benzene ring substituents is 1. The van der Waals surface area contributed by atoms with Crippen LogP contribution in [0.3, 0.4) is 0 Å². The Hall–Kier alpha value is -2.00. The molecule has 1 aromatic carbocycles. The fraction of sp³-hybridized carbons (Fsp3) is 0.571. The third-order valence-corrected chi connectivity index (χ3v) is 3.40. The lowest BCUT2D eigenvalue weighted by Crippen LogP contribution is -2.48. The van der Waals surface area contributed by atoms with Crippen LogP contribution in [-0.4, -0.2) is 50.5 Å². The van der Waals surface area contributed by atoms with E-state index in [1.54, 1.807) is 7.11 Å². The number of ether oxygens (including phenoxy) is 3. The van der Waals surface area contributed by atoms with Gasteiger partial charge in [0.05, 0.1) is 23.7 Å². The number of nitrogens with zero attached hydrogens (tertiary/aromatic N) is 2. The van der Waals surface area contributed by atoms with Gasteiger partial charge in [-0.2, -0.15) is 8.78 Å². The predicted molar refractivity (Wildman–Crippen MR) is 78.2 cm³/mol. The molecule has 0 bridgehead atoms. The summed E-state index contributed by atoms with van der Waals surface area (Å²) in [5.74, 6) is -0.454. The molecule has 9 heteroatoms. The van der Waals surface area contributed by atoms with Gasteiger partial charge in [-0.1, -0.05) is 0 Å². The molecule has 1 aromatic rings. The molecule has 1 heterocycles. The van der Waals surface area contributed by atoms with Gasteiger partial charge in [-0.25, -0.2) is 0 Å². The van der Waals surface area contributed by atoms with Crippen LogP contribution in [0.25, 0.3) is 0 Å². The Morgan fingerprint density at radius 1 is 1.48 bits per heavy atom. The molecule has 7 nitrogen and oxygen atoms in total. The summed E-state index contributed by atoms with van der Waals surface area (Å²) in [7, 11) is 1.56. The molecule has 2 unspecified atom stereocenters. The maximum atomic E-state index is 12.5. The second-order valence-corrected chi connectivity index (χ2v) is 5.22. The summed E-state index contributed by atoms with van der Waals surface area (Å²) in [5.41, 5.74) is 0.0614. The minimum atomic E-state index is -3.13. The van der Waals surface area contributed by atoms with E-state index in [-0.39, 0.29) is 12.2 Å². The molecule has 0 N–H and O–H groups in total. The zero-order valence-electron chi connectivity index (χ0n) is 12.8. The molecule has 0 aromatic heterocycles. The second kappa shape index (κ2) is 7.51. The van der Waals surface area contributed by atoms with E-state index in [4.69, 9.17) is 9.47 Å². The smallest absolute Gasteiger partial charge is 0.387 e. The molecular weight excluding hydrogens is 314 g/mol. The number of benzene rings is 1. The number of nitro groups is 1. The molecule has 0 amide bonds. The van der Waals surface area contributed by atoms with Crippen molar-refractivity contribution in [1.29, 1.82) is 0 Å². The quantitative estimate of drug-likeness (QED) is 0.588. The summed E-state index contributed by atoms with van der Waals surface area (Å²) in [4.78, 5) is 12.1. The number of hydrogen-bond acceptors (Lipinski definition) is 6. The van der Waals surface area contributed by atoms with Gasteiger partial charge >= 0.3 is 12.3 Å². The zero-order valence-corrected chi connectivity index (χ0v) is 12.8. The Labute approximate surface area is 131 Å². The van der Waals surface area contributed by atoms with Gasteiger partial charge in [0.15, 0.2) is 0 Å². The van der Waals surface area contributed by atoms with Crippen molar-refractivity contribution in [3.63, 3.8) is 0 Å². The highest BCUT2D eigenvalue weighted by Crippen LogP contribution is 2.33. The van der Waals surface area contributed by atoms with E-state index in [1.165, 1.54) is 18.2 Å². The van der Waals surface area contributed by atoms with Gasteiger partial charge in [-0.05, 0) is 13.0 Å². The van der Waals surface area contributed by atoms with Gasteiger partial charge in [0.1, 0.15) is 0 Å². The van der Waals surface area contributed by atoms with Gasteiger partial charge < -0.3 is 19.1 Å². The Kier molecular flexibility index (Phi) is 5.67. The van der Waals surface area contributed by atoms with Gasteiger partial charge in [-0.15, -0.1) is 0 Å². The Morgan fingerprint density at radius 2 is 2.22 bits per heavy atom. The van der Waals surface area contributed by atoms with Crippen LogP contribution in [0.4, 0.5) is 20.2 Å². The molecule has 0 spiro atoms. The summed E-state index contributed by atoms with van der Waals surface area (Å²) in [5, 5.41) is 10.9. The van der Waals surface area contributed by atoms with Crippen LogP contribution in [0, 0.1) is 10.1 Å². The molecule has 2 atom stereocenters. The lowest BCUT2D eigenvalue weighted by Gasteiger charge is -2.38. The molecule has 0 radical (unpaired) electrons. The van der Waals surface area contributed by atoms with Crippen molar-refractivity contribution in [2.24, 2.45) is 0 Å². The van der Waals surface area contributed by atoms with Crippen molar-refractivity contribution in [2.75, 3.05) is 31.7 Å². The molecule has 1 fully saturated rings. The zero-order chi connectivity index (χ0) is 17.0. The minimum Gasteiger partial charge on any atom is -0.427 e. The molecule has 128 valence electrons. The van der Waals surface area contributed by atoms with Crippen molar-refractivity contribution in [1.82, 2.24) is 0 Å². The summed E-state index contributed by atoms with van der Waals surface area (Å²) in [6, 6.07) is 3.93. The highest BCUT2D eigenvalue weighted by molar-refractivity contribution is 5.59. The maximum Gasteiger partial charge on any atom is 0.387 e. The summed E-state index contributed by atoms with van der Waals surface area (Å²) in [6.07, 6.45) is -0.253. The lowest BCUT2D eigenvalue weighted by atomic mass is 10.1. The van der Waals surface area contributed by atoms with E-state index in [0.717, 1.165) is 0 Å². The van der Waals surface area contributed by atoms with E-state index in [0.29, 0.717) is 25.4 Å². The van der Waals surface area contributed by atoms with Crippen molar-refractivity contribution >= 4 is 11.4 Å². The average Bonchev–Trinajstić information content (AvgIpc) is 2.46. The van der Waals surface area contributed by atoms with Crippen LogP contribution in [-0.2, 0) is 9.47 Å². The molecule has 1 aliphatic heterocycles. The van der Waals surface area contributed by atoms with E-state index in [2.05, 4.69) is 4.74 Å². The fourth-order valence-corrected chi connectivity index (χ4v) is 2.57. The van der Waals surface area contributed by atoms with Crippen molar-refractivity contribution in [3.8, 4) is 5.75 Å². The van der Waals surface area contributed by atoms with Gasteiger partial charge in [0.25, 0.3) is 0 Å². The van der Waals surface area contributed by atoms with Crippen LogP contribution in [0.15, 0.2) is 18.2 Å². The molecule has 1 saturated heterocycles. The average molecular weight is 332 g/mol. The number of halogens is 2. The van der Waals surface area contributed by atoms with Crippen molar-refractivity contribution in [2.45, 2.75) is 25.7 Å². The van der Waals surface area contributed by atoms with Gasteiger partial charge in [-0.3, -0.25) is 10.1 Å². The number of anilines is 1. The first-order valence-corrected chi connectivity index (χ1v) is 7.03. The number of hydrogen-bond donors (Lipinski definition) is 0. The SMILES string of the molecule is COCC1CN(c2ccc([N+](=O)[O-])c(OC(F)F)c2)CC(C)O1. The number of methoxy groups -OCH3 is 1. The second-order valence-electron chi connectivity index (χ2n) is 5.22. The van der Waals surface area contributed by atoms with Crippen molar-refractivity contribution in [3.05, 3.63) is 28.3 Å². The number of morpholine rings is 1. The summed E-state index contributed by atoms with van der Waals surface area (Å²) < 4.78 is 40.0. The van der Waals surface area contributed by atoms with Crippen LogP contribution in [0.2, 0.25) is 0 Å². The van der Waals surface area contributed by atoms with E-state index in [1.807, 2.05) is 11.8 Å². The monoisotopic (exact) mass is 332 g/mol. The fourth-order valence-electron chi connectivity index (χ4n) is 2.57. The first-order chi connectivity index (χ1) is 10.9. The third-order valence-electron chi connectivity index (χ3n) is 3.40. The lowest BCUT2D eigenvalue weighted by molar-refractivity contribution is -0.386. The molecular formula is C14H18F2N2O5. The minimum absolute atomic E-state index is 0.0847. The standard InChI is InChI=1S/C14H18F2N2O5/c1-9-6-17(7-11(22-9)8-21-2)10-3-4-12(18(19)20)13(5-10)23-14(15)16/h3-5,9,11,14H,6-8H2,1-2H3. The summed E-state index contributed by atoms with van der Waals surface area (Å²) in [6.45, 7) is 0.176. The van der Waals surface area contributed by atoms with Crippen LogP contribution >= 0.6 is 0 Å². The van der Waals surface area contributed by atoms with E-state index in [9.17, 15) is 18.9 Å². The van der Waals surface area contributed by atoms with Crippen LogP contribution in [0.5, 0.6) is 5.75 Å². The van der Waals surface area contributed by atoms with Crippen LogP contribution in [0.1, 0.15) is 6.92 Å². The Balaban J connectivity index is 2.26. The maximum absolute atomic E-state index is 12.5. The van der Waals surface area contributed by atoms with Crippen molar-refractivity contribution < 1.29 is 27.9 Å². The first-order valence-electron chi connectivity index (χ1n) is 7.03. The third kappa shape index (κ3) is 4.49.